The van der Waals surface area contributed by atoms with Gasteiger partial charge in [-0.3, -0.25) is 4.79 Å². The largest absolute Gasteiger partial charge is 0.390 e. The standard InChI is InChI=1S/C11H25N3O2/c1-9(2)5-13-11(16)7-12-6-10(15)8-14(3)4/h9-10,12,15H,5-8H2,1-4H3,(H,13,16). The average molecular weight is 231 g/mol. The third-order valence-corrected chi connectivity index (χ3v) is 1.95. The SMILES string of the molecule is CC(C)CNC(=O)CNCC(O)CN(C)C. The van der Waals surface area contributed by atoms with Gasteiger partial charge in [-0.05, 0) is 20.0 Å². The number of rotatable bonds is 8. The molecule has 5 nitrogen and oxygen atoms in total. The van der Waals surface area contributed by atoms with Gasteiger partial charge in [0.25, 0.3) is 0 Å². The molecule has 0 aromatic rings. The summed E-state index contributed by atoms with van der Waals surface area (Å²) in [7, 11) is 3.80. The van der Waals surface area contributed by atoms with Crippen molar-refractivity contribution in [3.05, 3.63) is 0 Å². The van der Waals surface area contributed by atoms with Gasteiger partial charge in [-0.15, -0.1) is 0 Å². The molecule has 0 heterocycles. The molecule has 0 spiro atoms. The van der Waals surface area contributed by atoms with Gasteiger partial charge in [0.2, 0.25) is 5.91 Å². The van der Waals surface area contributed by atoms with Crippen LogP contribution < -0.4 is 10.6 Å². The number of hydrogen-bond donors (Lipinski definition) is 3. The van der Waals surface area contributed by atoms with E-state index in [4.69, 9.17) is 0 Å². The summed E-state index contributed by atoms with van der Waals surface area (Å²) in [4.78, 5) is 13.2. The Morgan fingerprint density at radius 3 is 2.44 bits per heavy atom. The minimum atomic E-state index is -0.437. The van der Waals surface area contributed by atoms with E-state index in [1.165, 1.54) is 0 Å². The quantitative estimate of drug-likeness (QED) is 0.515. The van der Waals surface area contributed by atoms with Crippen molar-refractivity contribution in [3.8, 4) is 0 Å². The Balaban J connectivity index is 3.46. The lowest BCUT2D eigenvalue weighted by Crippen LogP contribution is -2.40. The second-order valence-electron chi connectivity index (χ2n) is 4.74. The lowest BCUT2D eigenvalue weighted by Gasteiger charge is -2.16. The van der Waals surface area contributed by atoms with Gasteiger partial charge < -0.3 is 20.6 Å². The number of carbonyl (C=O) groups excluding carboxylic acids is 1. The van der Waals surface area contributed by atoms with Crippen LogP contribution in [0.3, 0.4) is 0 Å². The number of likely N-dealkylation sites (N-methyl/N-ethyl adjacent to an activating group) is 1. The molecule has 0 aromatic heterocycles. The molecule has 96 valence electrons. The van der Waals surface area contributed by atoms with E-state index < -0.39 is 6.10 Å². The summed E-state index contributed by atoms with van der Waals surface area (Å²) < 4.78 is 0. The van der Waals surface area contributed by atoms with Gasteiger partial charge in [0.1, 0.15) is 0 Å². The predicted octanol–water partition coefficient (Wildman–Crippen LogP) is -0.729. The van der Waals surface area contributed by atoms with E-state index in [0.29, 0.717) is 25.6 Å². The van der Waals surface area contributed by atoms with E-state index >= 15 is 0 Å². The van der Waals surface area contributed by atoms with Gasteiger partial charge >= 0.3 is 0 Å². The van der Waals surface area contributed by atoms with Crippen molar-refractivity contribution in [1.82, 2.24) is 15.5 Å². The molecular weight excluding hydrogens is 206 g/mol. The van der Waals surface area contributed by atoms with Crippen LogP contribution in [0.5, 0.6) is 0 Å². The second kappa shape index (κ2) is 8.50. The number of aliphatic hydroxyl groups is 1. The summed E-state index contributed by atoms with van der Waals surface area (Å²) in [5, 5.41) is 15.2. The monoisotopic (exact) mass is 231 g/mol. The van der Waals surface area contributed by atoms with E-state index in [1.54, 1.807) is 0 Å². The maximum atomic E-state index is 11.3. The van der Waals surface area contributed by atoms with E-state index in [0.717, 1.165) is 0 Å². The molecule has 0 saturated carbocycles. The zero-order valence-electron chi connectivity index (χ0n) is 10.8. The van der Waals surface area contributed by atoms with Crippen molar-refractivity contribution < 1.29 is 9.90 Å². The molecule has 3 N–H and O–H groups in total. The molecule has 0 aliphatic carbocycles. The molecule has 0 aromatic carbocycles. The van der Waals surface area contributed by atoms with E-state index in [9.17, 15) is 9.90 Å². The normalized spacial score (nSPS) is 13.2. The summed E-state index contributed by atoms with van der Waals surface area (Å²) in [5.74, 6) is 0.439. The van der Waals surface area contributed by atoms with Crippen molar-refractivity contribution in [2.45, 2.75) is 20.0 Å². The highest BCUT2D eigenvalue weighted by atomic mass is 16.3. The summed E-state index contributed by atoms with van der Waals surface area (Å²) in [5.41, 5.74) is 0. The van der Waals surface area contributed by atoms with Crippen molar-refractivity contribution in [2.75, 3.05) is 40.3 Å². The molecule has 0 rings (SSSR count). The molecule has 1 atom stereocenters. The van der Waals surface area contributed by atoms with Gasteiger partial charge in [-0.1, -0.05) is 13.8 Å². The van der Waals surface area contributed by atoms with E-state index in [-0.39, 0.29) is 12.5 Å². The topological polar surface area (TPSA) is 64.6 Å². The fourth-order valence-corrected chi connectivity index (χ4v) is 1.22. The number of nitrogens with zero attached hydrogens (tertiary/aromatic N) is 1. The fourth-order valence-electron chi connectivity index (χ4n) is 1.22. The van der Waals surface area contributed by atoms with Crippen LogP contribution in [-0.4, -0.2) is 62.3 Å². The van der Waals surface area contributed by atoms with Crippen LogP contribution >= 0.6 is 0 Å². The number of amides is 1. The molecule has 0 saturated heterocycles. The third kappa shape index (κ3) is 9.89. The lowest BCUT2D eigenvalue weighted by molar-refractivity contribution is -0.120. The number of hydrogen-bond acceptors (Lipinski definition) is 4. The highest BCUT2D eigenvalue weighted by Crippen LogP contribution is 1.86. The molecule has 5 heteroatoms. The zero-order valence-corrected chi connectivity index (χ0v) is 10.8. The number of nitrogens with one attached hydrogen (secondary N) is 2. The second-order valence-corrected chi connectivity index (χ2v) is 4.74. The summed E-state index contributed by atoms with van der Waals surface area (Å²) >= 11 is 0. The summed E-state index contributed by atoms with van der Waals surface area (Å²) in [6, 6.07) is 0. The number of aliphatic hydroxyl groups excluding tert-OH is 1. The van der Waals surface area contributed by atoms with Crippen LogP contribution in [0, 0.1) is 5.92 Å². The smallest absolute Gasteiger partial charge is 0.233 e. The molecule has 0 aliphatic heterocycles. The highest BCUT2D eigenvalue weighted by Gasteiger charge is 2.06. The maximum absolute atomic E-state index is 11.3. The van der Waals surface area contributed by atoms with Crippen LogP contribution in [-0.2, 0) is 4.79 Å². The van der Waals surface area contributed by atoms with E-state index in [2.05, 4.69) is 24.5 Å². The molecule has 1 amide bonds. The molecule has 16 heavy (non-hydrogen) atoms. The minimum absolute atomic E-state index is 0.0225. The lowest BCUT2D eigenvalue weighted by atomic mass is 10.2. The molecule has 0 fully saturated rings. The Hall–Kier alpha value is -0.650. The van der Waals surface area contributed by atoms with Crippen molar-refractivity contribution >= 4 is 5.91 Å². The highest BCUT2D eigenvalue weighted by molar-refractivity contribution is 5.77. The van der Waals surface area contributed by atoms with Crippen LogP contribution in [0.15, 0.2) is 0 Å². The van der Waals surface area contributed by atoms with Crippen LogP contribution in [0.4, 0.5) is 0 Å². The van der Waals surface area contributed by atoms with Gasteiger partial charge in [0.05, 0.1) is 12.6 Å². The molecular formula is C11H25N3O2. The fraction of sp³-hybridized carbons (Fsp3) is 0.909. The predicted molar refractivity (Wildman–Crippen MR) is 65.3 cm³/mol. The zero-order chi connectivity index (χ0) is 12.6. The molecule has 0 radical (unpaired) electrons. The maximum Gasteiger partial charge on any atom is 0.233 e. The Bertz CT molecular complexity index is 196. The van der Waals surface area contributed by atoms with Crippen molar-refractivity contribution in [1.29, 1.82) is 0 Å². The molecule has 1 unspecified atom stereocenters. The van der Waals surface area contributed by atoms with E-state index in [1.807, 2.05) is 19.0 Å². The Labute approximate surface area is 98.2 Å². The molecule has 0 bridgehead atoms. The molecule has 0 aliphatic rings. The third-order valence-electron chi connectivity index (χ3n) is 1.95. The van der Waals surface area contributed by atoms with Crippen molar-refractivity contribution in [2.24, 2.45) is 5.92 Å². The van der Waals surface area contributed by atoms with Crippen molar-refractivity contribution in [3.63, 3.8) is 0 Å². The Kier molecular flexibility index (Phi) is 8.15. The Morgan fingerprint density at radius 1 is 1.31 bits per heavy atom. The first kappa shape index (κ1) is 15.3. The van der Waals surface area contributed by atoms with Gasteiger partial charge in [-0.25, -0.2) is 0 Å². The first-order chi connectivity index (χ1) is 7.41. The van der Waals surface area contributed by atoms with Gasteiger partial charge in [-0.2, -0.15) is 0 Å². The van der Waals surface area contributed by atoms with Crippen LogP contribution in [0.25, 0.3) is 0 Å². The summed E-state index contributed by atoms with van der Waals surface area (Å²) in [6.45, 7) is 6.09. The van der Waals surface area contributed by atoms with Crippen LogP contribution in [0.2, 0.25) is 0 Å². The van der Waals surface area contributed by atoms with Gasteiger partial charge in [0.15, 0.2) is 0 Å². The first-order valence-corrected chi connectivity index (χ1v) is 5.72. The Morgan fingerprint density at radius 2 is 1.94 bits per heavy atom. The summed E-state index contributed by atoms with van der Waals surface area (Å²) in [6.07, 6.45) is -0.437. The number of carbonyl (C=O) groups is 1. The van der Waals surface area contributed by atoms with Crippen LogP contribution in [0.1, 0.15) is 13.8 Å². The van der Waals surface area contributed by atoms with Gasteiger partial charge in [0, 0.05) is 19.6 Å². The first-order valence-electron chi connectivity index (χ1n) is 5.72. The average Bonchev–Trinajstić information content (AvgIpc) is 2.13. The minimum Gasteiger partial charge on any atom is -0.390 e.